The Morgan fingerprint density at radius 2 is 1.68 bits per heavy atom. The van der Waals surface area contributed by atoms with Gasteiger partial charge < -0.3 is 10.6 Å². The molecule has 0 fully saturated rings. The van der Waals surface area contributed by atoms with Crippen LogP contribution in [0.25, 0.3) is 0 Å². The Kier molecular flexibility index (Phi) is 7.09. The molecule has 2 rings (SSSR count). The van der Waals surface area contributed by atoms with Crippen molar-refractivity contribution in [2.45, 2.75) is 26.3 Å². The van der Waals surface area contributed by atoms with Gasteiger partial charge in [-0.2, -0.15) is 0 Å². The van der Waals surface area contributed by atoms with Gasteiger partial charge in [-0.3, -0.25) is 4.79 Å². The van der Waals surface area contributed by atoms with Crippen molar-refractivity contribution in [1.29, 1.82) is 0 Å². The van der Waals surface area contributed by atoms with Gasteiger partial charge in [0.2, 0.25) is 5.91 Å². The molecular formula is C18H23ClN2O. The maximum Gasteiger partial charge on any atom is 0.223 e. The number of benzene rings is 2. The van der Waals surface area contributed by atoms with Crippen LogP contribution >= 0.6 is 12.4 Å². The molecule has 3 nitrogen and oxygen atoms in total. The highest BCUT2D eigenvalue weighted by Gasteiger charge is 2.15. The van der Waals surface area contributed by atoms with Crippen LogP contribution in [-0.2, 0) is 4.79 Å². The number of nitrogens with zero attached hydrogens (tertiary/aromatic N) is 1. The number of carbonyl (C=O) groups excluding carboxylic acids is 1. The Morgan fingerprint density at radius 3 is 2.27 bits per heavy atom. The lowest BCUT2D eigenvalue weighted by molar-refractivity contribution is -0.116. The van der Waals surface area contributed by atoms with E-state index in [1.807, 2.05) is 61.5 Å². The van der Waals surface area contributed by atoms with Crippen LogP contribution < -0.4 is 10.6 Å². The van der Waals surface area contributed by atoms with Gasteiger partial charge in [0.1, 0.15) is 0 Å². The fourth-order valence-corrected chi connectivity index (χ4v) is 2.45. The largest absolute Gasteiger partial charge is 0.324 e. The summed E-state index contributed by atoms with van der Waals surface area (Å²) in [6, 6.07) is 17.9. The van der Waals surface area contributed by atoms with Crippen LogP contribution in [0, 0.1) is 6.92 Å². The molecule has 22 heavy (non-hydrogen) atoms. The molecule has 0 bridgehead atoms. The quantitative estimate of drug-likeness (QED) is 0.910. The van der Waals surface area contributed by atoms with Crippen LogP contribution in [0.4, 0.5) is 5.69 Å². The summed E-state index contributed by atoms with van der Waals surface area (Å²) in [6.45, 7) is 4.24. The van der Waals surface area contributed by atoms with E-state index in [2.05, 4.69) is 0 Å². The molecule has 0 heterocycles. The monoisotopic (exact) mass is 318 g/mol. The number of amides is 1. The number of para-hydroxylation sites is 1. The van der Waals surface area contributed by atoms with Gasteiger partial charge in [0, 0.05) is 25.2 Å². The van der Waals surface area contributed by atoms with Crippen LogP contribution in [0.2, 0.25) is 0 Å². The SMILES string of the molecule is CC(=O)N(CCC(N)c1ccccc1)c1ccccc1C.Cl. The van der Waals surface area contributed by atoms with Crippen molar-refractivity contribution >= 4 is 24.0 Å². The van der Waals surface area contributed by atoms with Crippen molar-refractivity contribution in [2.75, 3.05) is 11.4 Å². The van der Waals surface area contributed by atoms with E-state index in [1.54, 1.807) is 11.8 Å². The molecule has 0 aliphatic carbocycles. The summed E-state index contributed by atoms with van der Waals surface area (Å²) in [7, 11) is 0. The predicted octanol–water partition coefficient (Wildman–Crippen LogP) is 3.86. The van der Waals surface area contributed by atoms with E-state index >= 15 is 0 Å². The van der Waals surface area contributed by atoms with Gasteiger partial charge in [0.25, 0.3) is 0 Å². The van der Waals surface area contributed by atoms with Crippen molar-refractivity contribution in [3.05, 3.63) is 65.7 Å². The number of aryl methyl sites for hydroxylation is 1. The number of halogens is 1. The molecule has 1 atom stereocenters. The molecule has 2 aromatic rings. The van der Waals surface area contributed by atoms with Crippen molar-refractivity contribution in [1.82, 2.24) is 0 Å². The van der Waals surface area contributed by atoms with Crippen LogP contribution in [0.5, 0.6) is 0 Å². The van der Waals surface area contributed by atoms with Gasteiger partial charge in [-0.05, 0) is 30.5 Å². The molecule has 118 valence electrons. The maximum atomic E-state index is 11.9. The summed E-state index contributed by atoms with van der Waals surface area (Å²) in [5, 5.41) is 0. The fourth-order valence-electron chi connectivity index (χ4n) is 2.45. The lowest BCUT2D eigenvalue weighted by atomic mass is 10.0. The van der Waals surface area contributed by atoms with E-state index < -0.39 is 0 Å². The minimum absolute atomic E-state index is 0. The second kappa shape index (κ2) is 8.57. The lowest BCUT2D eigenvalue weighted by Crippen LogP contribution is -2.32. The van der Waals surface area contributed by atoms with E-state index in [9.17, 15) is 4.79 Å². The van der Waals surface area contributed by atoms with Crippen LogP contribution in [0.15, 0.2) is 54.6 Å². The Morgan fingerprint density at radius 1 is 1.09 bits per heavy atom. The highest BCUT2D eigenvalue weighted by molar-refractivity contribution is 5.92. The van der Waals surface area contributed by atoms with Gasteiger partial charge in [-0.15, -0.1) is 12.4 Å². The van der Waals surface area contributed by atoms with Gasteiger partial charge in [0.15, 0.2) is 0 Å². The Balaban J connectivity index is 0.00000242. The van der Waals surface area contributed by atoms with Gasteiger partial charge in [-0.1, -0.05) is 48.5 Å². The van der Waals surface area contributed by atoms with Crippen LogP contribution in [-0.4, -0.2) is 12.5 Å². The molecule has 2 aromatic carbocycles. The normalized spacial score (nSPS) is 11.4. The van der Waals surface area contributed by atoms with Crippen LogP contribution in [0.3, 0.4) is 0 Å². The summed E-state index contributed by atoms with van der Waals surface area (Å²) in [5.41, 5.74) is 9.39. The second-order valence-corrected chi connectivity index (χ2v) is 5.26. The highest BCUT2D eigenvalue weighted by Crippen LogP contribution is 2.22. The van der Waals surface area contributed by atoms with E-state index in [0.29, 0.717) is 6.54 Å². The molecular weight excluding hydrogens is 296 g/mol. The second-order valence-electron chi connectivity index (χ2n) is 5.26. The molecule has 0 spiro atoms. The average molecular weight is 319 g/mol. The minimum atomic E-state index is -0.0583. The Hall–Kier alpha value is -1.84. The highest BCUT2D eigenvalue weighted by atomic mass is 35.5. The molecule has 0 aliphatic rings. The third kappa shape index (κ3) is 4.58. The molecule has 1 amide bonds. The topological polar surface area (TPSA) is 46.3 Å². The maximum absolute atomic E-state index is 11.9. The van der Waals surface area contributed by atoms with Gasteiger partial charge >= 0.3 is 0 Å². The number of hydrogen-bond acceptors (Lipinski definition) is 2. The van der Waals surface area contributed by atoms with Crippen molar-refractivity contribution in [2.24, 2.45) is 5.73 Å². The van der Waals surface area contributed by atoms with E-state index in [0.717, 1.165) is 23.2 Å². The average Bonchev–Trinajstić information content (AvgIpc) is 2.49. The summed E-state index contributed by atoms with van der Waals surface area (Å²) in [4.78, 5) is 13.7. The first-order chi connectivity index (χ1) is 10.1. The standard InChI is InChI=1S/C18H22N2O.ClH/c1-14-8-6-7-11-18(14)20(15(2)21)13-12-17(19)16-9-4-3-5-10-16;/h3-11,17H,12-13,19H2,1-2H3;1H. The minimum Gasteiger partial charge on any atom is -0.324 e. The van der Waals surface area contributed by atoms with Gasteiger partial charge in [-0.25, -0.2) is 0 Å². The zero-order valence-electron chi connectivity index (χ0n) is 13.0. The van der Waals surface area contributed by atoms with Crippen molar-refractivity contribution in [3.63, 3.8) is 0 Å². The Bertz CT molecular complexity index is 601. The number of anilines is 1. The summed E-state index contributed by atoms with van der Waals surface area (Å²) >= 11 is 0. The Labute approximate surface area is 138 Å². The van der Waals surface area contributed by atoms with Gasteiger partial charge in [0.05, 0.1) is 0 Å². The molecule has 1 unspecified atom stereocenters. The first-order valence-electron chi connectivity index (χ1n) is 7.24. The predicted molar refractivity (Wildman–Crippen MR) is 94.4 cm³/mol. The first-order valence-corrected chi connectivity index (χ1v) is 7.24. The summed E-state index contributed by atoms with van der Waals surface area (Å²) in [5.74, 6) is 0.0459. The zero-order valence-corrected chi connectivity index (χ0v) is 13.8. The fraction of sp³-hybridized carbons (Fsp3) is 0.278. The van der Waals surface area contributed by atoms with E-state index in [4.69, 9.17) is 5.73 Å². The molecule has 0 aliphatic heterocycles. The smallest absolute Gasteiger partial charge is 0.223 e. The third-order valence-corrected chi connectivity index (χ3v) is 3.68. The molecule has 4 heteroatoms. The summed E-state index contributed by atoms with van der Waals surface area (Å²) < 4.78 is 0. The molecule has 0 aromatic heterocycles. The number of carbonyl (C=O) groups is 1. The molecule has 0 saturated carbocycles. The third-order valence-electron chi connectivity index (χ3n) is 3.68. The number of hydrogen-bond donors (Lipinski definition) is 1. The molecule has 2 N–H and O–H groups in total. The first kappa shape index (κ1) is 18.2. The zero-order chi connectivity index (χ0) is 15.2. The number of nitrogens with two attached hydrogens (primary N) is 1. The van der Waals surface area contributed by atoms with E-state index in [-0.39, 0.29) is 24.4 Å². The van der Waals surface area contributed by atoms with Crippen molar-refractivity contribution in [3.8, 4) is 0 Å². The lowest BCUT2D eigenvalue weighted by Gasteiger charge is -2.24. The molecule has 0 radical (unpaired) electrons. The van der Waals surface area contributed by atoms with Crippen LogP contribution in [0.1, 0.15) is 30.5 Å². The number of rotatable bonds is 5. The van der Waals surface area contributed by atoms with E-state index in [1.165, 1.54) is 0 Å². The summed E-state index contributed by atoms with van der Waals surface area (Å²) in [6.07, 6.45) is 0.734. The molecule has 0 saturated heterocycles. The van der Waals surface area contributed by atoms with Crippen molar-refractivity contribution < 1.29 is 4.79 Å².